The smallest absolute Gasteiger partial charge is 0.255 e. The molecule has 0 saturated carbocycles. The first-order valence-electron chi connectivity index (χ1n) is 5.28. The fourth-order valence-electron chi connectivity index (χ4n) is 1.48. The van der Waals surface area contributed by atoms with E-state index in [2.05, 4.69) is 10.3 Å². The van der Waals surface area contributed by atoms with Gasteiger partial charge >= 0.3 is 0 Å². The highest BCUT2D eigenvalue weighted by Gasteiger charge is 2.08. The fraction of sp³-hybridized carbons (Fsp3) is 0.0769. The van der Waals surface area contributed by atoms with Crippen LogP contribution >= 0.6 is 0 Å². The number of carbonyl (C=O) groups excluding carboxylic acids is 1. The third-order valence-corrected chi connectivity index (χ3v) is 2.42. The van der Waals surface area contributed by atoms with Gasteiger partial charge in [0.15, 0.2) is 0 Å². The summed E-state index contributed by atoms with van der Waals surface area (Å²) in [5.41, 5.74) is 1.26. The van der Waals surface area contributed by atoms with E-state index < -0.39 is 5.82 Å². The SMILES string of the molecule is Cc1cc(C(=O)Nc2cncc(F)c2)ccc1O. The van der Waals surface area contributed by atoms with Gasteiger partial charge in [-0.25, -0.2) is 4.39 Å². The van der Waals surface area contributed by atoms with Crippen LogP contribution in [-0.4, -0.2) is 16.0 Å². The van der Waals surface area contributed by atoms with Gasteiger partial charge < -0.3 is 10.4 Å². The van der Waals surface area contributed by atoms with Gasteiger partial charge in [0.05, 0.1) is 18.1 Å². The second-order valence-corrected chi connectivity index (χ2v) is 3.85. The molecule has 0 radical (unpaired) electrons. The average molecular weight is 246 g/mol. The third-order valence-electron chi connectivity index (χ3n) is 2.42. The summed E-state index contributed by atoms with van der Waals surface area (Å²) in [5, 5.41) is 11.9. The third kappa shape index (κ3) is 2.63. The van der Waals surface area contributed by atoms with E-state index in [1.807, 2.05) is 0 Å². The maximum Gasteiger partial charge on any atom is 0.255 e. The number of rotatable bonds is 2. The molecule has 0 aliphatic heterocycles. The van der Waals surface area contributed by atoms with Gasteiger partial charge in [-0.2, -0.15) is 0 Å². The molecule has 0 unspecified atom stereocenters. The summed E-state index contributed by atoms with van der Waals surface area (Å²) in [4.78, 5) is 15.5. The van der Waals surface area contributed by atoms with Crippen LogP contribution in [0.1, 0.15) is 15.9 Å². The van der Waals surface area contributed by atoms with E-state index in [0.717, 1.165) is 6.20 Å². The molecule has 2 N–H and O–H groups in total. The normalized spacial score (nSPS) is 10.1. The van der Waals surface area contributed by atoms with E-state index in [9.17, 15) is 14.3 Å². The number of hydrogen-bond donors (Lipinski definition) is 2. The lowest BCUT2D eigenvalue weighted by molar-refractivity contribution is 0.102. The summed E-state index contributed by atoms with van der Waals surface area (Å²) >= 11 is 0. The van der Waals surface area contributed by atoms with Gasteiger partial charge in [0, 0.05) is 11.6 Å². The number of amides is 1. The van der Waals surface area contributed by atoms with Gasteiger partial charge in [-0.3, -0.25) is 9.78 Å². The monoisotopic (exact) mass is 246 g/mol. The second-order valence-electron chi connectivity index (χ2n) is 3.85. The van der Waals surface area contributed by atoms with Crippen molar-refractivity contribution in [2.75, 3.05) is 5.32 Å². The van der Waals surface area contributed by atoms with E-state index in [-0.39, 0.29) is 17.3 Å². The number of nitrogens with one attached hydrogen (secondary N) is 1. The number of carbonyl (C=O) groups is 1. The zero-order chi connectivity index (χ0) is 13.1. The molecule has 5 heteroatoms. The van der Waals surface area contributed by atoms with Crippen LogP contribution in [0.4, 0.5) is 10.1 Å². The summed E-state index contributed by atoms with van der Waals surface area (Å²) in [6, 6.07) is 5.66. The zero-order valence-corrected chi connectivity index (χ0v) is 9.64. The van der Waals surface area contributed by atoms with Crippen molar-refractivity contribution in [3.63, 3.8) is 0 Å². The maximum absolute atomic E-state index is 12.9. The molecule has 2 aromatic rings. The van der Waals surface area contributed by atoms with Crippen LogP contribution in [0.5, 0.6) is 5.75 Å². The Kier molecular flexibility index (Phi) is 3.23. The van der Waals surface area contributed by atoms with Gasteiger partial charge in [0.1, 0.15) is 11.6 Å². The van der Waals surface area contributed by atoms with Crippen molar-refractivity contribution < 1.29 is 14.3 Å². The quantitative estimate of drug-likeness (QED) is 0.855. The molecule has 92 valence electrons. The zero-order valence-electron chi connectivity index (χ0n) is 9.64. The topological polar surface area (TPSA) is 62.2 Å². The minimum Gasteiger partial charge on any atom is -0.508 e. The first-order valence-corrected chi connectivity index (χ1v) is 5.28. The van der Waals surface area contributed by atoms with Crippen LogP contribution < -0.4 is 5.32 Å². The Hall–Kier alpha value is -2.43. The predicted octanol–water partition coefficient (Wildman–Crippen LogP) is 2.49. The standard InChI is InChI=1S/C13H11FN2O2/c1-8-4-9(2-3-12(8)17)13(18)16-11-5-10(14)6-15-7-11/h2-7,17H,1H3,(H,16,18). The minimum atomic E-state index is -0.519. The molecule has 0 atom stereocenters. The molecular weight excluding hydrogens is 235 g/mol. The lowest BCUT2D eigenvalue weighted by Gasteiger charge is -2.06. The van der Waals surface area contributed by atoms with E-state index in [0.29, 0.717) is 11.1 Å². The second kappa shape index (κ2) is 4.83. The average Bonchev–Trinajstić information content (AvgIpc) is 2.32. The van der Waals surface area contributed by atoms with Crippen LogP contribution in [0.15, 0.2) is 36.7 Å². The Balaban J connectivity index is 2.19. The maximum atomic E-state index is 12.9. The highest BCUT2D eigenvalue weighted by molar-refractivity contribution is 6.04. The molecular formula is C13H11FN2O2. The van der Waals surface area contributed by atoms with Gasteiger partial charge in [0.2, 0.25) is 0 Å². The van der Waals surface area contributed by atoms with Crippen molar-refractivity contribution in [1.29, 1.82) is 0 Å². The summed E-state index contributed by atoms with van der Waals surface area (Å²) in [6.45, 7) is 1.69. The number of anilines is 1. The van der Waals surface area contributed by atoms with Gasteiger partial charge in [-0.05, 0) is 30.7 Å². The molecule has 1 heterocycles. The molecule has 18 heavy (non-hydrogen) atoms. The van der Waals surface area contributed by atoms with Gasteiger partial charge in [-0.15, -0.1) is 0 Å². The number of hydrogen-bond acceptors (Lipinski definition) is 3. The molecule has 4 nitrogen and oxygen atoms in total. The Morgan fingerprint density at radius 2 is 2.11 bits per heavy atom. The molecule has 0 aliphatic carbocycles. The highest BCUT2D eigenvalue weighted by atomic mass is 19.1. The molecule has 2 rings (SSSR count). The van der Waals surface area contributed by atoms with Gasteiger partial charge in [-0.1, -0.05) is 0 Å². The van der Waals surface area contributed by atoms with E-state index in [1.165, 1.54) is 24.4 Å². The predicted molar refractivity (Wildman–Crippen MR) is 65.0 cm³/mol. The summed E-state index contributed by atoms with van der Waals surface area (Å²) in [7, 11) is 0. The molecule has 0 fully saturated rings. The number of phenols is 1. The van der Waals surface area contributed by atoms with Gasteiger partial charge in [0.25, 0.3) is 5.91 Å². The van der Waals surface area contributed by atoms with Crippen molar-refractivity contribution >= 4 is 11.6 Å². The number of phenolic OH excluding ortho intramolecular Hbond substituents is 1. The Morgan fingerprint density at radius 3 is 2.78 bits per heavy atom. The summed E-state index contributed by atoms with van der Waals surface area (Å²) in [5.74, 6) is -0.779. The Bertz CT molecular complexity index is 599. The van der Waals surface area contributed by atoms with Crippen molar-refractivity contribution in [1.82, 2.24) is 4.98 Å². The number of benzene rings is 1. The van der Waals surface area contributed by atoms with Crippen LogP contribution in [0.25, 0.3) is 0 Å². The molecule has 0 bridgehead atoms. The molecule has 0 saturated heterocycles. The van der Waals surface area contributed by atoms with Crippen molar-refractivity contribution in [2.45, 2.75) is 6.92 Å². The fourth-order valence-corrected chi connectivity index (χ4v) is 1.48. The number of halogens is 1. The number of aromatic hydroxyl groups is 1. The lowest BCUT2D eigenvalue weighted by atomic mass is 10.1. The van der Waals surface area contributed by atoms with Crippen LogP contribution in [0.2, 0.25) is 0 Å². The minimum absolute atomic E-state index is 0.124. The van der Waals surface area contributed by atoms with Crippen LogP contribution in [0, 0.1) is 12.7 Å². The van der Waals surface area contributed by atoms with E-state index >= 15 is 0 Å². The van der Waals surface area contributed by atoms with E-state index in [4.69, 9.17) is 0 Å². The van der Waals surface area contributed by atoms with Crippen molar-refractivity contribution in [3.8, 4) is 5.75 Å². The first kappa shape index (κ1) is 12.0. The largest absolute Gasteiger partial charge is 0.508 e. The Labute approximate surface area is 103 Å². The number of nitrogens with zero attached hydrogens (tertiary/aromatic N) is 1. The number of aryl methyl sites for hydroxylation is 1. The molecule has 1 aromatic heterocycles. The highest BCUT2D eigenvalue weighted by Crippen LogP contribution is 2.18. The summed E-state index contributed by atoms with van der Waals surface area (Å²) < 4.78 is 12.9. The van der Waals surface area contributed by atoms with Crippen molar-refractivity contribution in [2.24, 2.45) is 0 Å². The molecule has 1 aromatic carbocycles. The number of aromatic nitrogens is 1. The van der Waals surface area contributed by atoms with Crippen molar-refractivity contribution in [3.05, 3.63) is 53.6 Å². The lowest BCUT2D eigenvalue weighted by Crippen LogP contribution is -2.12. The molecule has 0 aliphatic rings. The Morgan fingerprint density at radius 1 is 1.33 bits per heavy atom. The summed E-state index contributed by atoms with van der Waals surface area (Å²) in [6.07, 6.45) is 2.41. The van der Waals surface area contributed by atoms with E-state index in [1.54, 1.807) is 13.0 Å². The first-order chi connectivity index (χ1) is 8.56. The molecule has 1 amide bonds. The molecule has 0 spiro atoms. The number of pyridine rings is 1. The van der Waals surface area contributed by atoms with Crippen LogP contribution in [0.3, 0.4) is 0 Å². The van der Waals surface area contributed by atoms with Crippen LogP contribution in [-0.2, 0) is 0 Å².